The van der Waals surface area contributed by atoms with Crippen LogP contribution in [0.4, 0.5) is 0 Å². The summed E-state index contributed by atoms with van der Waals surface area (Å²) in [5.41, 5.74) is 1.75. The summed E-state index contributed by atoms with van der Waals surface area (Å²) in [5.74, 6) is 0. The highest BCUT2D eigenvalue weighted by atomic mass is 32.2. The van der Waals surface area contributed by atoms with Crippen LogP contribution in [0.15, 0.2) is 6.20 Å². The average Bonchev–Trinajstić information content (AvgIpc) is 2.69. The lowest BCUT2D eigenvalue weighted by atomic mass is 10.3. The molecule has 1 aromatic heterocycles. The second-order valence-electron chi connectivity index (χ2n) is 4.00. The highest BCUT2D eigenvalue weighted by Crippen LogP contribution is 2.04. The van der Waals surface area contributed by atoms with E-state index < -0.39 is 15.3 Å². The molecule has 1 rings (SSSR count). The number of nitrogens with zero attached hydrogens (tertiary/aromatic N) is 1. The van der Waals surface area contributed by atoms with E-state index in [-0.39, 0.29) is 6.54 Å². The number of rotatable bonds is 7. The number of H-pyrrole nitrogens is 1. The third kappa shape index (κ3) is 4.10. The van der Waals surface area contributed by atoms with Gasteiger partial charge in [0.2, 0.25) is 10.0 Å². The normalized spacial score (nSPS) is 13.8. The molecule has 1 unspecified atom stereocenters. The second-order valence-corrected chi connectivity index (χ2v) is 6.19. The van der Waals surface area contributed by atoms with E-state index in [1.54, 1.807) is 13.1 Å². The van der Waals surface area contributed by atoms with E-state index >= 15 is 0 Å². The topological polar surface area (TPSA) is 86.9 Å². The molecule has 6 nitrogen and oxygen atoms in total. The van der Waals surface area contributed by atoms with E-state index in [1.807, 2.05) is 13.8 Å². The third-order valence-corrected chi connectivity index (χ3v) is 4.38. The van der Waals surface area contributed by atoms with Gasteiger partial charge < -0.3 is 5.32 Å². The van der Waals surface area contributed by atoms with Crippen LogP contribution < -0.4 is 10.0 Å². The number of hydrogen-bond acceptors (Lipinski definition) is 4. The van der Waals surface area contributed by atoms with E-state index in [4.69, 9.17) is 0 Å². The van der Waals surface area contributed by atoms with E-state index in [0.717, 1.165) is 17.8 Å². The molecule has 0 radical (unpaired) electrons. The van der Waals surface area contributed by atoms with Crippen LogP contribution in [0.2, 0.25) is 0 Å². The van der Waals surface area contributed by atoms with Gasteiger partial charge >= 0.3 is 0 Å². The van der Waals surface area contributed by atoms with Gasteiger partial charge in [-0.05, 0) is 20.4 Å². The molecule has 0 saturated heterocycles. The summed E-state index contributed by atoms with van der Waals surface area (Å²) in [6, 6.07) is 0. The van der Waals surface area contributed by atoms with E-state index in [1.165, 1.54) is 0 Å². The van der Waals surface area contributed by atoms with E-state index in [9.17, 15) is 8.42 Å². The molecular formula is C10H20N4O2S. The molecule has 0 saturated carbocycles. The molecule has 0 spiro atoms. The van der Waals surface area contributed by atoms with Crippen LogP contribution >= 0.6 is 0 Å². The number of aromatic nitrogens is 2. The lowest BCUT2D eigenvalue weighted by Crippen LogP contribution is -2.38. The monoisotopic (exact) mass is 260 g/mol. The van der Waals surface area contributed by atoms with Gasteiger partial charge in [0.05, 0.1) is 11.4 Å². The molecule has 0 aromatic carbocycles. The Labute approximate surface area is 102 Å². The fourth-order valence-electron chi connectivity index (χ4n) is 1.33. The minimum Gasteiger partial charge on any atom is -0.316 e. The maximum Gasteiger partial charge on any atom is 0.215 e. The fraction of sp³-hybridized carbons (Fsp3) is 0.700. The molecule has 1 atom stereocenters. The van der Waals surface area contributed by atoms with Gasteiger partial charge in [0, 0.05) is 24.3 Å². The Kier molecular flexibility index (Phi) is 5.10. The second kappa shape index (κ2) is 6.13. The maximum absolute atomic E-state index is 11.9. The van der Waals surface area contributed by atoms with Crippen molar-refractivity contribution >= 4 is 10.0 Å². The lowest BCUT2D eigenvalue weighted by molar-refractivity contribution is 0.559. The summed E-state index contributed by atoms with van der Waals surface area (Å²) < 4.78 is 26.3. The van der Waals surface area contributed by atoms with Gasteiger partial charge in [-0.1, -0.05) is 6.92 Å². The van der Waals surface area contributed by atoms with Crippen LogP contribution in [-0.2, 0) is 16.6 Å². The zero-order valence-corrected chi connectivity index (χ0v) is 11.3. The Morgan fingerprint density at radius 1 is 1.53 bits per heavy atom. The average molecular weight is 260 g/mol. The largest absolute Gasteiger partial charge is 0.316 e. The number of nitrogens with one attached hydrogen (secondary N) is 3. The summed E-state index contributed by atoms with van der Waals surface area (Å²) in [6.07, 6.45) is 1.63. The zero-order chi connectivity index (χ0) is 12.9. The predicted molar refractivity (Wildman–Crippen MR) is 67.1 cm³/mol. The van der Waals surface area contributed by atoms with Gasteiger partial charge in [-0.2, -0.15) is 5.10 Å². The van der Waals surface area contributed by atoms with Gasteiger partial charge in [-0.15, -0.1) is 0 Å². The quantitative estimate of drug-likeness (QED) is 0.650. The molecule has 98 valence electrons. The Morgan fingerprint density at radius 2 is 2.24 bits per heavy atom. The molecule has 3 N–H and O–H groups in total. The van der Waals surface area contributed by atoms with Crippen LogP contribution in [0.3, 0.4) is 0 Å². The molecule has 0 aliphatic carbocycles. The van der Waals surface area contributed by atoms with Crippen molar-refractivity contribution in [3.05, 3.63) is 17.5 Å². The van der Waals surface area contributed by atoms with Crippen molar-refractivity contribution in [1.82, 2.24) is 20.2 Å². The number of aromatic amines is 1. The van der Waals surface area contributed by atoms with Crippen LogP contribution in [0.1, 0.15) is 25.1 Å². The van der Waals surface area contributed by atoms with E-state index in [2.05, 4.69) is 20.2 Å². The number of aryl methyl sites for hydroxylation is 1. The molecule has 17 heavy (non-hydrogen) atoms. The van der Waals surface area contributed by atoms with Crippen LogP contribution in [0, 0.1) is 6.92 Å². The van der Waals surface area contributed by atoms with Crippen LogP contribution in [0.5, 0.6) is 0 Å². The predicted octanol–water partition coefficient (Wildman–Crippen LogP) is 0.136. The minimum absolute atomic E-state index is 0.279. The SMILES string of the molecule is CCNCC(C)S(=O)(=O)NCc1cn[nH]c1C. The first-order chi connectivity index (χ1) is 7.97. The van der Waals surface area contributed by atoms with Crippen molar-refractivity contribution in [3.8, 4) is 0 Å². The minimum atomic E-state index is -3.28. The number of sulfonamides is 1. The van der Waals surface area contributed by atoms with Gasteiger partial charge in [0.15, 0.2) is 0 Å². The van der Waals surface area contributed by atoms with Crippen molar-refractivity contribution in [3.63, 3.8) is 0 Å². The molecule has 1 aromatic rings. The highest BCUT2D eigenvalue weighted by Gasteiger charge is 2.19. The van der Waals surface area contributed by atoms with Gasteiger partial charge in [-0.3, -0.25) is 5.10 Å². The smallest absolute Gasteiger partial charge is 0.215 e. The Morgan fingerprint density at radius 3 is 2.76 bits per heavy atom. The van der Waals surface area contributed by atoms with Crippen LogP contribution in [0.25, 0.3) is 0 Å². The summed E-state index contributed by atoms with van der Waals surface area (Å²) in [7, 11) is -3.28. The molecule has 0 bridgehead atoms. The molecule has 0 aliphatic heterocycles. The fourth-order valence-corrected chi connectivity index (χ4v) is 2.31. The van der Waals surface area contributed by atoms with Gasteiger partial charge in [0.25, 0.3) is 0 Å². The first-order valence-electron chi connectivity index (χ1n) is 5.65. The highest BCUT2D eigenvalue weighted by molar-refractivity contribution is 7.90. The van der Waals surface area contributed by atoms with Crippen molar-refractivity contribution in [2.45, 2.75) is 32.6 Å². The Balaban J connectivity index is 2.52. The van der Waals surface area contributed by atoms with Crippen molar-refractivity contribution < 1.29 is 8.42 Å². The van der Waals surface area contributed by atoms with Crippen molar-refractivity contribution in [2.75, 3.05) is 13.1 Å². The number of hydrogen-bond donors (Lipinski definition) is 3. The molecule has 0 fully saturated rings. The lowest BCUT2D eigenvalue weighted by Gasteiger charge is -2.13. The Bertz CT molecular complexity index is 441. The summed E-state index contributed by atoms with van der Waals surface area (Å²) in [4.78, 5) is 0. The first kappa shape index (κ1) is 14.1. The summed E-state index contributed by atoms with van der Waals surface area (Å²) >= 11 is 0. The molecular weight excluding hydrogens is 240 g/mol. The summed E-state index contributed by atoms with van der Waals surface area (Å²) in [5, 5.41) is 9.19. The van der Waals surface area contributed by atoms with Crippen molar-refractivity contribution in [2.24, 2.45) is 0 Å². The van der Waals surface area contributed by atoms with Crippen LogP contribution in [-0.4, -0.2) is 37.0 Å². The zero-order valence-electron chi connectivity index (χ0n) is 10.4. The molecule has 0 aliphatic rings. The first-order valence-corrected chi connectivity index (χ1v) is 7.20. The van der Waals surface area contributed by atoms with Crippen molar-refractivity contribution in [1.29, 1.82) is 0 Å². The standard InChI is InChI=1S/C10H20N4O2S/c1-4-11-5-8(2)17(15,16)13-7-10-6-12-14-9(10)3/h6,8,11,13H,4-5,7H2,1-3H3,(H,12,14). The summed E-state index contributed by atoms with van der Waals surface area (Å²) in [6.45, 7) is 6.99. The van der Waals surface area contributed by atoms with Gasteiger partial charge in [0.1, 0.15) is 0 Å². The van der Waals surface area contributed by atoms with Gasteiger partial charge in [-0.25, -0.2) is 13.1 Å². The Hall–Kier alpha value is -0.920. The molecule has 1 heterocycles. The molecule has 0 amide bonds. The third-order valence-electron chi connectivity index (χ3n) is 2.61. The van der Waals surface area contributed by atoms with E-state index in [0.29, 0.717) is 6.54 Å². The maximum atomic E-state index is 11.9. The molecule has 7 heteroatoms.